The van der Waals surface area contributed by atoms with Gasteiger partial charge in [-0.1, -0.05) is 6.07 Å². The molecule has 0 amide bonds. The van der Waals surface area contributed by atoms with Crippen LogP contribution in [0.3, 0.4) is 0 Å². The van der Waals surface area contributed by atoms with E-state index in [1.54, 1.807) is 7.11 Å². The van der Waals surface area contributed by atoms with Crippen molar-refractivity contribution in [2.75, 3.05) is 32.4 Å². The minimum absolute atomic E-state index is 0.205. The van der Waals surface area contributed by atoms with Crippen LogP contribution in [0.2, 0.25) is 0 Å². The summed E-state index contributed by atoms with van der Waals surface area (Å²) in [5, 5.41) is 7.76. The van der Waals surface area contributed by atoms with E-state index in [0.717, 1.165) is 47.3 Å². The standard InChI is InChI=1S/C21H22N4O4/c1-26-14-8-15-18-17(9-14)27-7-3-2-6-22-10-13-4-5-16-20(29-12-28-16)19(13)25-21(18)24-11-23-15/h4-5,8-9,11,22H,2-3,6-7,10,12H2,1H3,(H,23,24,25). The van der Waals surface area contributed by atoms with Crippen LogP contribution in [0.15, 0.2) is 30.6 Å². The highest BCUT2D eigenvalue weighted by Gasteiger charge is 2.23. The van der Waals surface area contributed by atoms with Crippen LogP contribution in [0.1, 0.15) is 18.4 Å². The van der Waals surface area contributed by atoms with Gasteiger partial charge < -0.3 is 29.6 Å². The maximum absolute atomic E-state index is 6.11. The highest BCUT2D eigenvalue weighted by atomic mass is 16.7. The molecule has 2 aromatic carbocycles. The fourth-order valence-corrected chi connectivity index (χ4v) is 3.63. The van der Waals surface area contributed by atoms with Gasteiger partial charge >= 0.3 is 0 Å². The summed E-state index contributed by atoms with van der Waals surface area (Å²) in [4.78, 5) is 8.94. The van der Waals surface area contributed by atoms with Crippen LogP contribution in [0, 0.1) is 0 Å². The molecule has 0 fully saturated rings. The van der Waals surface area contributed by atoms with Crippen molar-refractivity contribution in [1.82, 2.24) is 15.3 Å². The number of fused-ring (bicyclic) bond motifs is 3. The molecule has 5 rings (SSSR count). The molecule has 1 aromatic heterocycles. The molecular weight excluding hydrogens is 372 g/mol. The Labute approximate surface area is 168 Å². The Kier molecular flexibility index (Phi) is 4.69. The summed E-state index contributed by atoms with van der Waals surface area (Å²) in [5.74, 6) is 3.46. The second-order valence-corrected chi connectivity index (χ2v) is 6.93. The van der Waals surface area contributed by atoms with Crippen molar-refractivity contribution in [3.63, 3.8) is 0 Å². The van der Waals surface area contributed by atoms with Crippen LogP contribution in [0.25, 0.3) is 10.9 Å². The van der Waals surface area contributed by atoms with E-state index in [-0.39, 0.29) is 6.79 Å². The van der Waals surface area contributed by atoms with Crippen LogP contribution in [-0.4, -0.2) is 37.0 Å². The monoisotopic (exact) mass is 394 g/mol. The summed E-state index contributed by atoms with van der Waals surface area (Å²) >= 11 is 0. The molecule has 8 heteroatoms. The van der Waals surface area contributed by atoms with Crippen LogP contribution >= 0.6 is 0 Å². The van der Waals surface area contributed by atoms with Crippen molar-refractivity contribution in [2.24, 2.45) is 0 Å². The zero-order valence-electron chi connectivity index (χ0n) is 16.2. The number of ether oxygens (including phenoxy) is 4. The van der Waals surface area contributed by atoms with Gasteiger partial charge in [-0.25, -0.2) is 9.97 Å². The van der Waals surface area contributed by atoms with Crippen LogP contribution in [0.4, 0.5) is 11.5 Å². The Hall–Kier alpha value is -3.26. The fraction of sp³-hybridized carbons (Fsp3) is 0.333. The van der Waals surface area contributed by atoms with E-state index >= 15 is 0 Å². The Morgan fingerprint density at radius 3 is 2.93 bits per heavy atom. The minimum atomic E-state index is 0.205. The first-order valence-corrected chi connectivity index (χ1v) is 9.68. The Balaban J connectivity index is 1.69. The molecule has 3 aromatic rings. The molecule has 8 nitrogen and oxygen atoms in total. The third kappa shape index (κ3) is 3.36. The van der Waals surface area contributed by atoms with Gasteiger partial charge in [0.2, 0.25) is 6.79 Å². The fourth-order valence-electron chi connectivity index (χ4n) is 3.63. The number of aromatic nitrogens is 2. The number of hydrogen-bond acceptors (Lipinski definition) is 8. The number of methoxy groups -OCH3 is 1. The van der Waals surface area contributed by atoms with Crippen molar-refractivity contribution in [3.8, 4) is 23.0 Å². The molecule has 0 saturated carbocycles. The largest absolute Gasteiger partial charge is 0.497 e. The first kappa shape index (κ1) is 17.8. The highest BCUT2D eigenvalue weighted by molar-refractivity contribution is 5.97. The molecule has 0 unspecified atom stereocenters. The van der Waals surface area contributed by atoms with E-state index < -0.39 is 0 Å². The zero-order valence-corrected chi connectivity index (χ0v) is 16.2. The Morgan fingerprint density at radius 1 is 1.03 bits per heavy atom. The number of nitrogens with zero attached hydrogens (tertiary/aromatic N) is 2. The van der Waals surface area contributed by atoms with Gasteiger partial charge in [-0.2, -0.15) is 0 Å². The summed E-state index contributed by atoms with van der Waals surface area (Å²) in [6, 6.07) is 7.75. The topological polar surface area (TPSA) is 86.8 Å². The third-order valence-electron chi connectivity index (χ3n) is 5.10. The maximum Gasteiger partial charge on any atom is 0.231 e. The van der Waals surface area contributed by atoms with Crippen molar-refractivity contribution in [3.05, 3.63) is 36.2 Å². The molecule has 150 valence electrons. The molecule has 29 heavy (non-hydrogen) atoms. The van der Waals surface area contributed by atoms with Crippen molar-refractivity contribution in [2.45, 2.75) is 19.4 Å². The summed E-state index contributed by atoms with van der Waals surface area (Å²) in [5.41, 5.74) is 2.67. The van der Waals surface area contributed by atoms with Crippen LogP contribution in [-0.2, 0) is 6.54 Å². The average Bonchev–Trinajstić information content (AvgIpc) is 3.22. The normalized spacial score (nSPS) is 15.9. The lowest BCUT2D eigenvalue weighted by molar-refractivity contribution is 0.174. The summed E-state index contributed by atoms with van der Waals surface area (Å²) in [7, 11) is 1.64. The van der Waals surface area contributed by atoms with Crippen molar-refractivity contribution >= 4 is 22.4 Å². The van der Waals surface area contributed by atoms with Gasteiger partial charge in [-0.15, -0.1) is 0 Å². The predicted molar refractivity (Wildman–Crippen MR) is 108 cm³/mol. The van der Waals surface area contributed by atoms with Crippen LogP contribution in [0.5, 0.6) is 23.0 Å². The molecule has 2 N–H and O–H groups in total. The molecule has 0 bridgehead atoms. The van der Waals surface area contributed by atoms with Gasteiger partial charge in [0.15, 0.2) is 11.5 Å². The van der Waals surface area contributed by atoms with Crippen LogP contribution < -0.4 is 29.6 Å². The first-order valence-electron chi connectivity index (χ1n) is 9.68. The number of hydrogen-bond donors (Lipinski definition) is 2. The van der Waals surface area contributed by atoms with E-state index in [9.17, 15) is 0 Å². The minimum Gasteiger partial charge on any atom is -0.497 e. The average molecular weight is 394 g/mol. The van der Waals surface area contributed by atoms with Gasteiger partial charge in [-0.3, -0.25) is 0 Å². The van der Waals surface area contributed by atoms with E-state index in [2.05, 4.69) is 20.6 Å². The summed E-state index contributed by atoms with van der Waals surface area (Å²) < 4.78 is 22.9. The van der Waals surface area contributed by atoms with Gasteiger partial charge in [0.1, 0.15) is 23.6 Å². The van der Waals surface area contributed by atoms with E-state index in [4.69, 9.17) is 18.9 Å². The molecule has 0 saturated heterocycles. The lowest BCUT2D eigenvalue weighted by Crippen LogP contribution is -2.16. The van der Waals surface area contributed by atoms with Gasteiger partial charge in [0, 0.05) is 18.7 Å². The van der Waals surface area contributed by atoms with Gasteiger partial charge in [0.05, 0.1) is 30.3 Å². The predicted octanol–water partition coefficient (Wildman–Crippen LogP) is 3.37. The van der Waals surface area contributed by atoms with Gasteiger partial charge in [0.25, 0.3) is 0 Å². The van der Waals surface area contributed by atoms with Crippen molar-refractivity contribution in [1.29, 1.82) is 0 Å². The second kappa shape index (κ2) is 7.63. The molecule has 0 atom stereocenters. The molecule has 0 aliphatic carbocycles. The number of benzene rings is 2. The molecule has 2 aliphatic heterocycles. The Morgan fingerprint density at radius 2 is 2.00 bits per heavy atom. The summed E-state index contributed by atoms with van der Waals surface area (Å²) in [6.45, 7) is 2.43. The molecule has 3 heterocycles. The number of nitrogens with one attached hydrogen (secondary N) is 2. The Bertz CT molecular complexity index is 1060. The lowest BCUT2D eigenvalue weighted by atomic mass is 10.1. The SMILES string of the molecule is COc1cc2c3c(ncnc3c1)Nc1c(ccc3c1OCO3)CNCCCCO2. The third-order valence-corrected chi connectivity index (χ3v) is 5.10. The molecule has 0 radical (unpaired) electrons. The smallest absolute Gasteiger partial charge is 0.231 e. The number of rotatable bonds is 1. The van der Waals surface area contributed by atoms with E-state index in [1.807, 2.05) is 24.3 Å². The van der Waals surface area contributed by atoms with E-state index in [1.165, 1.54) is 6.33 Å². The van der Waals surface area contributed by atoms with Crippen molar-refractivity contribution < 1.29 is 18.9 Å². The molecule has 0 spiro atoms. The summed E-state index contributed by atoms with van der Waals surface area (Å²) in [6.07, 6.45) is 3.49. The molecular formula is C21H22N4O4. The highest BCUT2D eigenvalue weighted by Crippen LogP contribution is 2.44. The van der Waals surface area contributed by atoms with Gasteiger partial charge in [-0.05, 0) is 31.0 Å². The lowest BCUT2D eigenvalue weighted by Gasteiger charge is -2.17. The zero-order chi connectivity index (χ0) is 19.6. The quantitative estimate of drug-likeness (QED) is 0.650. The number of anilines is 2. The molecule has 2 aliphatic rings. The van der Waals surface area contributed by atoms with E-state index in [0.29, 0.717) is 36.2 Å². The second-order valence-electron chi connectivity index (χ2n) is 6.93. The maximum atomic E-state index is 6.11. The first-order chi connectivity index (χ1) is 14.3.